The van der Waals surface area contributed by atoms with Gasteiger partial charge in [-0.05, 0) is 24.3 Å². The predicted octanol–water partition coefficient (Wildman–Crippen LogP) is 2.02. The van der Waals surface area contributed by atoms with Gasteiger partial charge in [-0.1, -0.05) is 24.3 Å². The van der Waals surface area contributed by atoms with Crippen LogP contribution in [0.2, 0.25) is 0 Å². The van der Waals surface area contributed by atoms with Crippen molar-refractivity contribution in [3.8, 4) is 0 Å². The summed E-state index contributed by atoms with van der Waals surface area (Å²) in [6.07, 6.45) is 4.28. The van der Waals surface area contributed by atoms with Crippen LogP contribution in [0.3, 0.4) is 0 Å². The van der Waals surface area contributed by atoms with Gasteiger partial charge in [0, 0.05) is 29.3 Å². The zero-order valence-electron chi connectivity index (χ0n) is 8.99. The first-order chi connectivity index (χ1) is 7.82. The molecule has 2 aliphatic carbocycles. The largest absolute Gasteiger partial charge is 0.387 e. The van der Waals surface area contributed by atoms with Gasteiger partial charge >= 0.3 is 0 Å². The maximum Gasteiger partial charge on any atom is 0.187 e. The molecule has 0 bridgehead atoms. The maximum absolute atomic E-state index is 12.0. The molecule has 1 aliphatic heterocycles. The van der Waals surface area contributed by atoms with Crippen molar-refractivity contribution >= 4 is 5.78 Å². The molecule has 0 aromatic heterocycles. The normalized spacial score (nSPS) is 34.1. The summed E-state index contributed by atoms with van der Waals surface area (Å²) < 4.78 is 0. The molecule has 0 radical (unpaired) electrons. The second-order valence-corrected chi connectivity index (χ2v) is 5.06. The molecule has 4 rings (SSSR count). The molecular weight excluding hydrogens is 198 g/mol. The number of fused-ring (bicyclic) bond motifs is 1. The first-order valence-corrected chi connectivity index (χ1v) is 5.92. The van der Waals surface area contributed by atoms with Crippen molar-refractivity contribution in [3.63, 3.8) is 0 Å². The van der Waals surface area contributed by atoms with Gasteiger partial charge in [0.15, 0.2) is 5.78 Å². The average molecular weight is 211 g/mol. The number of carbonyl (C=O) groups excluding carboxylic acids is 1. The van der Waals surface area contributed by atoms with Crippen LogP contribution >= 0.6 is 0 Å². The zero-order valence-corrected chi connectivity index (χ0v) is 8.99. The van der Waals surface area contributed by atoms with E-state index in [1.165, 1.54) is 24.1 Å². The minimum absolute atomic E-state index is 0.163. The Morgan fingerprint density at radius 1 is 1.31 bits per heavy atom. The Bertz CT molecular complexity index is 531. The summed E-state index contributed by atoms with van der Waals surface area (Å²) in [6, 6.07) is 8.10. The molecule has 1 spiro atoms. The van der Waals surface area contributed by atoms with E-state index in [2.05, 4.69) is 11.4 Å². The fourth-order valence-electron chi connectivity index (χ4n) is 3.50. The molecule has 1 saturated carbocycles. The van der Waals surface area contributed by atoms with Gasteiger partial charge in [0.05, 0.1) is 0 Å². The lowest BCUT2D eigenvalue weighted by Crippen LogP contribution is -2.36. The van der Waals surface area contributed by atoms with Gasteiger partial charge in [-0.2, -0.15) is 0 Å². The van der Waals surface area contributed by atoms with Crippen LogP contribution in [-0.4, -0.2) is 12.3 Å². The summed E-state index contributed by atoms with van der Waals surface area (Å²) in [5.74, 6) is 0.922. The smallest absolute Gasteiger partial charge is 0.187 e. The molecule has 1 heterocycles. The molecule has 2 unspecified atom stereocenters. The van der Waals surface area contributed by atoms with E-state index >= 15 is 0 Å². The quantitative estimate of drug-likeness (QED) is 0.711. The summed E-state index contributed by atoms with van der Waals surface area (Å²) in [5, 5.41) is 3.41. The Kier molecular flexibility index (Phi) is 1.37. The minimum atomic E-state index is 0.163. The number of allylic oxidation sites excluding steroid dienone is 2. The lowest BCUT2D eigenvalue weighted by molar-refractivity contribution is 0.103. The van der Waals surface area contributed by atoms with Gasteiger partial charge in [0.25, 0.3) is 0 Å². The van der Waals surface area contributed by atoms with Crippen molar-refractivity contribution in [2.75, 3.05) is 6.54 Å². The highest BCUT2D eigenvalue weighted by Gasteiger charge is 2.61. The summed E-state index contributed by atoms with van der Waals surface area (Å²) in [5.41, 5.74) is 3.53. The van der Waals surface area contributed by atoms with Gasteiger partial charge in [-0.25, -0.2) is 0 Å². The highest BCUT2D eigenvalue weighted by Crippen LogP contribution is 2.63. The maximum atomic E-state index is 12.0. The van der Waals surface area contributed by atoms with E-state index in [1.807, 2.05) is 24.3 Å². The Morgan fingerprint density at radius 2 is 2.19 bits per heavy atom. The molecule has 80 valence electrons. The SMILES string of the molecule is O=C1C=C2NCCC3CC23c2ccccc21. The van der Waals surface area contributed by atoms with Crippen LogP contribution in [0.1, 0.15) is 28.8 Å². The van der Waals surface area contributed by atoms with E-state index in [0.717, 1.165) is 18.0 Å². The molecule has 1 N–H and O–H groups in total. The number of hydrogen-bond acceptors (Lipinski definition) is 2. The summed E-state index contributed by atoms with van der Waals surface area (Å²) >= 11 is 0. The van der Waals surface area contributed by atoms with Gasteiger partial charge in [-0.15, -0.1) is 0 Å². The van der Waals surface area contributed by atoms with Crippen molar-refractivity contribution in [1.82, 2.24) is 5.32 Å². The number of piperidine rings is 1. The highest BCUT2D eigenvalue weighted by molar-refractivity contribution is 6.08. The first kappa shape index (κ1) is 8.57. The predicted molar refractivity (Wildman–Crippen MR) is 61.3 cm³/mol. The molecule has 1 aromatic carbocycles. The van der Waals surface area contributed by atoms with Crippen LogP contribution in [0.25, 0.3) is 0 Å². The van der Waals surface area contributed by atoms with E-state index < -0.39 is 0 Å². The third kappa shape index (κ3) is 0.823. The van der Waals surface area contributed by atoms with Gasteiger partial charge in [0.2, 0.25) is 0 Å². The standard InChI is InChI=1S/C14H13NO/c16-12-7-13-14(8-9(14)5-6-15-13)11-4-2-1-3-10(11)12/h1-4,7,9,15H,5-6,8H2. The Hall–Kier alpha value is -1.57. The van der Waals surface area contributed by atoms with Crippen LogP contribution in [-0.2, 0) is 5.41 Å². The average Bonchev–Trinajstić information content (AvgIpc) is 3.05. The lowest BCUT2D eigenvalue weighted by atomic mass is 9.78. The molecule has 1 aromatic rings. The molecular formula is C14H13NO. The van der Waals surface area contributed by atoms with Crippen LogP contribution in [0, 0.1) is 5.92 Å². The highest BCUT2D eigenvalue weighted by atomic mass is 16.1. The van der Waals surface area contributed by atoms with Crippen molar-refractivity contribution in [1.29, 1.82) is 0 Å². The van der Waals surface area contributed by atoms with E-state index in [1.54, 1.807) is 0 Å². The van der Waals surface area contributed by atoms with Crippen molar-refractivity contribution in [2.24, 2.45) is 5.92 Å². The van der Waals surface area contributed by atoms with Crippen LogP contribution < -0.4 is 5.32 Å². The molecule has 2 nitrogen and oxygen atoms in total. The number of carbonyl (C=O) groups is 1. The molecule has 2 heteroatoms. The molecule has 0 amide bonds. The zero-order chi connectivity index (χ0) is 10.8. The number of rotatable bonds is 0. The third-order valence-electron chi connectivity index (χ3n) is 4.34. The van der Waals surface area contributed by atoms with Crippen molar-refractivity contribution in [3.05, 3.63) is 47.2 Å². The van der Waals surface area contributed by atoms with Crippen molar-refractivity contribution in [2.45, 2.75) is 18.3 Å². The van der Waals surface area contributed by atoms with Crippen LogP contribution in [0.15, 0.2) is 36.0 Å². The Labute approximate surface area is 94.4 Å². The number of hydrogen-bond donors (Lipinski definition) is 1. The van der Waals surface area contributed by atoms with Gasteiger partial charge in [0.1, 0.15) is 0 Å². The molecule has 3 aliphatic rings. The monoisotopic (exact) mass is 211 g/mol. The summed E-state index contributed by atoms with van der Waals surface area (Å²) in [4.78, 5) is 12.0. The number of nitrogens with one attached hydrogen (secondary N) is 1. The lowest BCUT2D eigenvalue weighted by Gasteiger charge is -2.32. The minimum Gasteiger partial charge on any atom is -0.387 e. The van der Waals surface area contributed by atoms with E-state index in [0.29, 0.717) is 0 Å². The van der Waals surface area contributed by atoms with Crippen LogP contribution in [0.5, 0.6) is 0 Å². The van der Waals surface area contributed by atoms with E-state index in [-0.39, 0.29) is 11.2 Å². The first-order valence-electron chi connectivity index (χ1n) is 5.92. The van der Waals surface area contributed by atoms with Crippen molar-refractivity contribution < 1.29 is 4.79 Å². The second-order valence-electron chi connectivity index (χ2n) is 5.06. The third-order valence-corrected chi connectivity index (χ3v) is 4.34. The van der Waals surface area contributed by atoms with E-state index in [4.69, 9.17) is 0 Å². The summed E-state index contributed by atoms with van der Waals surface area (Å²) in [6.45, 7) is 1.02. The number of ketones is 1. The molecule has 2 atom stereocenters. The fourth-order valence-corrected chi connectivity index (χ4v) is 3.50. The van der Waals surface area contributed by atoms with E-state index in [9.17, 15) is 4.79 Å². The fraction of sp³-hybridized carbons (Fsp3) is 0.357. The molecule has 2 fully saturated rings. The second kappa shape index (κ2) is 2.57. The van der Waals surface area contributed by atoms with Crippen LogP contribution in [0.4, 0.5) is 0 Å². The topological polar surface area (TPSA) is 29.1 Å². The summed E-state index contributed by atoms with van der Waals surface area (Å²) in [7, 11) is 0. The Balaban J connectivity index is 1.99. The molecule has 16 heavy (non-hydrogen) atoms. The number of benzene rings is 1. The van der Waals surface area contributed by atoms with Gasteiger partial charge < -0.3 is 5.32 Å². The Morgan fingerprint density at radius 3 is 3.12 bits per heavy atom. The van der Waals surface area contributed by atoms with Gasteiger partial charge in [-0.3, -0.25) is 4.79 Å². The molecule has 1 saturated heterocycles.